The van der Waals surface area contributed by atoms with Gasteiger partial charge in [0.05, 0.1) is 16.8 Å². The van der Waals surface area contributed by atoms with Gasteiger partial charge in [0, 0.05) is 6.07 Å². The maximum Gasteiger partial charge on any atom is 0.282 e. The summed E-state index contributed by atoms with van der Waals surface area (Å²) in [4.78, 5) is 19.6. The number of carbonyl (C=O) groups is 1. The largest absolute Gasteiger partial charge is 0.361 e. The van der Waals surface area contributed by atoms with Gasteiger partial charge in [-0.2, -0.15) is 0 Å². The van der Waals surface area contributed by atoms with Crippen LogP contribution in [0.15, 0.2) is 53.1 Å². The number of fused-ring (bicyclic) bond motifs is 1. The second-order valence-corrected chi connectivity index (χ2v) is 7.55. The first-order chi connectivity index (χ1) is 13.0. The van der Waals surface area contributed by atoms with Gasteiger partial charge < -0.3 is 4.52 Å². The number of rotatable bonds is 4. The number of hydrogen-bond acceptors (Lipinski definition) is 5. The Labute approximate surface area is 161 Å². The Morgan fingerprint density at radius 3 is 2.48 bits per heavy atom. The second-order valence-electron chi connectivity index (χ2n) is 6.57. The van der Waals surface area contributed by atoms with Gasteiger partial charge in [-0.3, -0.25) is 9.69 Å². The average molecular weight is 377 g/mol. The van der Waals surface area contributed by atoms with Crippen LogP contribution in [0.5, 0.6) is 0 Å². The number of hydrogen-bond donors (Lipinski definition) is 0. The van der Waals surface area contributed by atoms with Gasteiger partial charge in [-0.25, -0.2) is 4.98 Å². The fourth-order valence-electron chi connectivity index (χ4n) is 2.96. The molecule has 0 aliphatic carbocycles. The van der Waals surface area contributed by atoms with Gasteiger partial charge in [0.1, 0.15) is 5.76 Å². The minimum Gasteiger partial charge on any atom is -0.361 e. The predicted octanol–water partition coefficient (Wildman–Crippen LogP) is 5.06. The van der Waals surface area contributed by atoms with Gasteiger partial charge in [0.25, 0.3) is 5.91 Å². The van der Waals surface area contributed by atoms with Crippen molar-refractivity contribution in [3.05, 3.63) is 76.7 Å². The highest BCUT2D eigenvalue weighted by atomic mass is 32.1. The molecule has 0 fully saturated rings. The minimum absolute atomic E-state index is 0.218. The van der Waals surface area contributed by atoms with Gasteiger partial charge in [-0.1, -0.05) is 59.0 Å². The Kier molecular flexibility index (Phi) is 4.49. The molecule has 1 amide bonds. The maximum atomic E-state index is 13.2. The van der Waals surface area contributed by atoms with Crippen molar-refractivity contribution in [2.24, 2.45) is 0 Å². The third-order valence-corrected chi connectivity index (χ3v) is 5.65. The van der Waals surface area contributed by atoms with Crippen molar-refractivity contribution in [2.45, 2.75) is 27.3 Å². The lowest BCUT2D eigenvalue weighted by atomic mass is 10.1. The van der Waals surface area contributed by atoms with E-state index in [1.807, 2.05) is 37.3 Å². The van der Waals surface area contributed by atoms with E-state index in [-0.39, 0.29) is 11.6 Å². The number of benzene rings is 2. The smallest absolute Gasteiger partial charge is 0.282 e. The van der Waals surface area contributed by atoms with E-state index >= 15 is 0 Å². The molecule has 0 aliphatic rings. The van der Waals surface area contributed by atoms with Crippen LogP contribution in [0.4, 0.5) is 5.13 Å². The summed E-state index contributed by atoms with van der Waals surface area (Å²) in [6.45, 7) is 6.29. The number of aromatic nitrogens is 2. The normalized spacial score (nSPS) is 11.1. The summed E-state index contributed by atoms with van der Waals surface area (Å²) in [5, 5.41) is 4.57. The lowest BCUT2D eigenvalue weighted by Gasteiger charge is -2.18. The molecule has 0 saturated heterocycles. The molecule has 4 aromatic rings. The van der Waals surface area contributed by atoms with Crippen molar-refractivity contribution >= 4 is 32.6 Å². The van der Waals surface area contributed by atoms with Crippen molar-refractivity contribution in [3.8, 4) is 0 Å². The number of thiazole rings is 1. The van der Waals surface area contributed by atoms with Crippen molar-refractivity contribution in [1.82, 2.24) is 10.1 Å². The van der Waals surface area contributed by atoms with Gasteiger partial charge in [-0.05, 0) is 37.5 Å². The van der Waals surface area contributed by atoms with E-state index in [4.69, 9.17) is 9.51 Å². The molecular formula is C21H19N3O2S. The fraction of sp³-hybridized carbons (Fsp3) is 0.190. The van der Waals surface area contributed by atoms with Gasteiger partial charge in [-0.15, -0.1) is 0 Å². The van der Waals surface area contributed by atoms with E-state index in [2.05, 4.69) is 24.2 Å². The Balaban J connectivity index is 1.81. The third-order valence-electron chi connectivity index (χ3n) is 4.44. The third kappa shape index (κ3) is 3.36. The van der Waals surface area contributed by atoms with E-state index in [1.165, 1.54) is 11.3 Å². The highest BCUT2D eigenvalue weighted by Crippen LogP contribution is 2.34. The summed E-state index contributed by atoms with van der Waals surface area (Å²) in [5.74, 6) is 0.388. The SMILES string of the molecule is Cc1cc(C(=O)N(Cc2ccccc2)c2nc3c(C)ccc(C)c3s2)no1. The first-order valence-electron chi connectivity index (χ1n) is 8.69. The van der Waals surface area contributed by atoms with E-state index in [1.54, 1.807) is 17.9 Å². The number of anilines is 1. The van der Waals surface area contributed by atoms with Crippen LogP contribution in [-0.2, 0) is 6.54 Å². The summed E-state index contributed by atoms with van der Waals surface area (Å²) < 4.78 is 6.21. The van der Waals surface area contributed by atoms with Crippen LogP contribution in [-0.4, -0.2) is 16.0 Å². The first-order valence-corrected chi connectivity index (χ1v) is 9.50. The standard InChI is InChI=1S/C21H19N3O2S/c1-13-9-10-14(2)19-18(13)22-21(27-19)24(12-16-7-5-4-6-8-16)20(25)17-11-15(3)26-23-17/h4-11H,12H2,1-3H3. The molecule has 0 saturated carbocycles. The van der Waals surface area contributed by atoms with Crippen LogP contribution < -0.4 is 4.90 Å². The molecule has 136 valence electrons. The van der Waals surface area contributed by atoms with Gasteiger partial charge >= 0.3 is 0 Å². The summed E-state index contributed by atoms with van der Waals surface area (Å²) in [7, 11) is 0. The van der Waals surface area contributed by atoms with E-state index < -0.39 is 0 Å². The zero-order chi connectivity index (χ0) is 19.0. The van der Waals surface area contributed by atoms with Gasteiger partial charge in [0.2, 0.25) is 0 Å². The zero-order valence-electron chi connectivity index (χ0n) is 15.4. The van der Waals surface area contributed by atoms with Crippen LogP contribution in [0.2, 0.25) is 0 Å². The fourth-order valence-corrected chi connectivity index (χ4v) is 4.07. The molecule has 5 nitrogen and oxygen atoms in total. The molecule has 0 aliphatic heterocycles. The molecular weight excluding hydrogens is 358 g/mol. The topological polar surface area (TPSA) is 59.2 Å². The Hall–Kier alpha value is -2.99. The van der Waals surface area contributed by atoms with Crippen molar-refractivity contribution in [2.75, 3.05) is 4.90 Å². The zero-order valence-corrected chi connectivity index (χ0v) is 16.2. The van der Waals surface area contributed by atoms with Crippen LogP contribution in [0.25, 0.3) is 10.2 Å². The maximum absolute atomic E-state index is 13.2. The molecule has 0 radical (unpaired) electrons. The minimum atomic E-state index is -0.218. The monoisotopic (exact) mass is 377 g/mol. The van der Waals surface area contributed by atoms with Crippen molar-refractivity contribution < 1.29 is 9.32 Å². The number of aryl methyl sites for hydroxylation is 3. The quantitative estimate of drug-likeness (QED) is 0.499. The molecule has 0 bridgehead atoms. The molecule has 2 aromatic carbocycles. The van der Waals surface area contributed by atoms with Crippen LogP contribution in [0.1, 0.15) is 32.9 Å². The average Bonchev–Trinajstić information content (AvgIpc) is 3.30. The van der Waals surface area contributed by atoms with Crippen LogP contribution in [0, 0.1) is 20.8 Å². The predicted molar refractivity (Wildman–Crippen MR) is 107 cm³/mol. The number of nitrogens with zero attached hydrogens (tertiary/aromatic N) is 3. The van der Waals surface area contributed by atoms with Crippen LogP contribution >= 0.6 is 11.3 Å². The Morgan fingerprint density at radius 1 is 1.07 bits per heavy atom. The molecule has 6 heteroatoms. The van der Waals surface area contributed by atoms with E-state index in [9.17, 15) is 4.79 Å². The Bertz CT molecular complexity index is 1080. The second kappa shape index (κ2) is 6.96. The van der Waals surface area contributed by atoms with Crippen molar-refractivity contribution in [3.63, 3.8) is 0 Å². The summed E-state index contributed by atoms with van der Waals surface area (Å²) in [5.41, 5.74) is 4.51. The summed E-state index contributed by atoms with van der Waals surface area (Å²) >= 11 is 1.53. The summed E-state index contributed by atoms with van der Waals surface area (Å²) in [6.07, 6.45) is 0. The highest BCUT2D eigenvalue weighted by Gasteiger charge is 2.25. The lowest BCUT2D eigenvalue weighted by molar-refractivity contribution is 0.0976. The molecule has 4 rings (SSSR count). The Morgan fingerprint density at radius 2 is 1.81 bits per heavy atom. The van der Waals surface area contributed by atoms with Gasteiger partial charge in [0.15, 0.2) is 10.8 Å². The number of amides is 1. The highest BCUT2D eigenvalue weighted by molar-refractivity contribution is 7.22. The van der Waals surface area contributed by atoms with Crippen molar-refractivity contribution in [1.29, 1.82) is 0 Å². The lowest BCUT2D eigenvalue weighted by Crippen LogP contribution is -2.30. The molecule has 0 atom stereocenters. The summed E-state index contributed by atoms with van der Waals surface area (Å²) in [6, 6.07) is 15.7. The molecule has 0 N–H and O–H groups in total. The molecule has 0 unspecified atom stereocenters. The molecule has 0 spiro atoms. The molecule has 2 aromatic heterocycles. The first kappa shape index (κ1) is 17.4. The number of carbonyl (C=O) groups excluding carboxylic acids is 1. The molecule has 2 heterocycles. The van der Waals surface area contributed by atoms with E-state index in [0.29, 0.717) is 17.4 Å². The van der Waals surface area contributed by atoms with E-state index in [0.717, 1.165) is 26.9 Å². The molecule has 27 heavy (non-hydrogen) atoms. The van der Waals surface area contributed by atoms with Crippen LogP contribution in [0.3, 0.4) is 0 Å².